The van der Waals surface area contributed by atoms with Crippen LogP contribution >= 0.6 is 11.6 Å². The highest BCUT2D eigenvalue weighted by molar-refractivity contribution is 6.30. The molecule has 9 nitrogen and oxygen atoms in total. The maximum atomic E-state index is 13.1. The number of likely N-dealkylation sites (tertiary alicyclic amines) is 1. The van der Waals surface area contributed by atoms with E-state index in [2.05, 4.69) is 29.4 Å². The fourth-order valence-corrected chi connectivity index (χ4v) is 10.3. The Hall–Kier alpha value is -3.98. The van der Waals surface area contributed by atoms with Crippen molar-refractivity contribution in [2.24, 2.45) is 17.3 Å². The molecule has 2 atom stereocenters. The SMILES string of the molecule is CC(=O)N1CCC2(CC1)COc1cc3c(cc1OC2)C1(CCC(Nc2cccc(Cl)c2)(C(=O)O)CC1)C(C[C@@H](C)COc1ccnc2c1CCCC2)C3. The van der Waals surface area contributed by atoms with E-state index in [1.165, 1.54) is 35.2 Å². The summed E-state index contributed by atoms with van der Waals surface area (Å²) in [6, 6.07) is 13.8. The minimum absolute atomic E-state index is 0.120. The van der Waals surface area contributed by atoms with Gasteiger partial charge in [0.2, 0.25) is 5.91 Å². The Morgan fingerprint density at radius 2 is 1.75 bits per heavy atom. The Morgan fingerprint density at radius 1 is 1.02 bits per heavy atom. The van der Waals surface area contributed by atoms with E-state index in [1.807, 2.05) is 29.3 Å². The predicted octanol–water partition coefficient (Wildman–Crippen LogP) is 8.04. The molecule has 0 radical (unpaired) electrons. The molecular weight excluding hydrogens is 690 g/mol. The number of carbonyl (C=O) groups is 2. The number of nitrogens with one attached hydrogen (secondary N) is 1. The van der Waals surface area contributed by atoms with Gasteiger partial charge in [-0.2, -0.15) is 0 Å². The summed E-state index contributed by atoms with van der Waals surface area (Å²) in [5.41, 5.74) is 4.31. The van der Waals surface area contributed by atoms with Crippen molar-refractivity contribution in [1.29, 1.82) is 0 Å². The number of benzene rings is 2. The van der Waals surface area contributed by atoms with E-state index < -0.39 is 11.5 Å². The van der Waals surface area contributed by atoms with E-state index in [-0.39, 0.29) is 16.7 Å². The molecule has 2 fully saturated rings. The van der Waals surface area contributed by atoms with Crippen molar-refractivity contribution in [2.75, 3.05) is 38.2 Å². The van der Waals surface area contributed by atoms with E-state index in [4.69, 9.17) is 25.8 Å². The Morgan fingerprint density at radius 3 is 2.47 bits per heavy atom. The number of hydrogen-bond donors (Lipinski definition) is 2. The standard InChI is InChI=1S/C43H52ClN3O6/c1-28(25-51-37-10-17-45-36-9-4-3-8-34(36)37)20-31-21-30-22-38-39(53-27-41(26-52-38)15-18-47(19-16-41)29(2)48)24-35(30)42(31)11-13-43(14-12-42,40(49)50)46-33-7-5-6-32(44)23-33/h5-7,10,17,22-24,28,31,46H,3-4,8-9,11-16,18-21,25-27H2,1-2H3,(H,49,50)/t28-,31?,42?,43?/m1/s1. The fraction of sp³-hybridized carbons (Fsp3) is 0.558. The molecular formula is C43H52ClN3O6. The van der Waals surface area contributed by atoms with Crippen LogP contribution < -0.4 is 19.5 Å². The second kappa shape index (κ2) is 14.3. The average Bonchev–Trinajstić information content (AvgIpc) is 3.31. The van der Waals surface area contributed by atoms with Crippen molar-refractivity contribution in [3.63, 3.8) is 0 Å². The highest BCUT2D eigenvalue weighted by Crippen LogP contribution is 2.58. The molecule has 5 aliphatic rings. The maximum absolute atomic E-state index is 13.1. The molecule has 0 bridgehead atoms. The molecule has 1 unspecified atom stereocenters. The van der Waals surface area contributed by atoms with Crippen LogP contribution in [0.15, 0.2) is 48.7 Å². The van der Waals surface area contributed by atoms with Gasteiger partial charge >= 0.3 is 5.97 Å². The highest BCUT2D eigenvalue weighted by Gasteiger charge is 2.54. The van der Waals surface area contributed by atoms with Crippen molar-refractivity contribution in [3.8, 4) is 17.2 Å². The van der Waals surface area contributed by atoms with Gasteiger partial charge in [0, 0.05) is 53.6 Å². The second-order valence-electron chi connectivity index (χ2n) is 16.7. The van der Waals surface area contributed by atoms with Crippen LogP contribution in [0.3, 0.4) is 0 Å². The molecule has 2 spiro atoms. The van der Waals surface area contributed by atoms with Gasteiger partial charge in [0.1, 0.15) is 11.3 Å². The minimum atomic E-state index is -1.09. The van der Waals surface area contributed by atoms with Crippen LogP contribution in [0.1, 0.15) is 94.0 Å². The second-order valence-corrected chi connectivity index (χ2v) is 17.1. The van der Waals surface area contributed by atoms with E-state index in [9.17, 15) is 14.7 Å². The number of piperidine rings is 1. The van der Waals surface area contributed by atoms with Crippen LogP contribution in [0.5, 0.6) is 17.2 Å². The summed E-state index contributed by atoms with van der Waals surface area (Å²) in [6.07, 6.45) is 12.3. The normalized spacial score (nSPS) is 26.3. The Balaban J connectivity index is 1.05. The van der Waals surface area contributed by atoms with Crippen molar-refractivity contribution < 1.29 is 28.9 Å². The lowest BCUT2D eigenvalue weighted by atomic mass is 9.59. The molecule has 1 amide bonds. The summed E-state index contributed by atoms with van der Waals surface area (Å²) < 4.78 is 19.8. The lowest BCUT2D eigenvalue weighted by Crippen LogP contribution is -2.53. The Kier molecular flexibility index (Phi) is 9.75. The number of carboxylic acids is 1. The molecule has 282 valence electrons. The molecule has 1 saturated carbocycles. The van der Waals surface area contributed by atoms with Crippen LogP contribution in [-0.2, 0) is 34.3 Å². The van der Waals surface area contributed by atoms with E-state index in [0.29, 0.717) is 49.5 Å². The molecule has 10 heteroatoms. The number of rotatable bonds is 8. The first-order valence-electron chi connectivity index (χ1n) is 19.6. The third kappa shape index (κ3) is 6.94. The number of aromatic nitrogens is 1. The van der Waals surface area contributed by atoms with Crippen LogP contribution in [0.4, 0.5) is 5.69 Å². The summed E-state index contributed by atoms with van der Waals surface area (Å²) in [6.45, 7) is 7.12. The molecule has 53 heavy (non-hydrogen) atoms. The number of halogens is 1. The molecule has 2 aromatic carbocycles. The zero-order valence-electron chi connectivity index (χ0n) is 31.1. The number of pyridine rings is 1. The summed E-state index contributed by atoms with van der Waals surface area (Å²) in [5, 5.41) is 14.7. The molecule has 3 aliphatic carbocycles. The van der Waals surface area contributed by atoms with Crippen LogP contribution in [-0.4, -0.2) is 65.3 Å². The monoisotopic (exact) mass is 741 g/mol. The summed E-state index contributed by atoms with van der Waals surface area (Å²) in [5.74, 6) is 2.44. The largest absolute Gasteiger partial charge is 0.493 e. The minimum Gasteiger partial charge on any atom is -0.493 e. The van der Waals surface area contributed by atoms with Crippen LogP contribution in [0.2, 0.25) is 5.02 Å². The number of ether oxygens (including phenoxy) is 3. The molecule has 2 aliphatic heterocycles. The van der Waals surface area contributed by atoms with E-state index >= 15 is 0 Å². The number of aliphatic carboxylic acids is 1. The van der Waals surface area contributed by atoms with E-state index in [0.717, 1.165) is 87.4 Å². The first kappa shape index (κ1) is 36.0. The zero-order chi connectivity index (χ0) is 36.8. The van der Waals surface area contributed by atoms with Gasteiger partial charge in [-0.1, -0.05) is 24.6 Å². The molecule has 3 aromatic rings. The van der Waals surface area contributed by atoms with Gasteiger partial charge in [-0.15, -0.1) is 0 Å². The molecule has 3 heterocycles. The number of hydrogen-bond acceptors (Lipinski definition) is 7. The third-order valence-electron chi connectivity index (χ3n) is 13.3. The zero-order valence-corrected chi connectivity index (χ0v) is 31.8. The number of nitrogens with zero attached hydrogens (tertiary/aromatic N) is 2. The quantitative estimate of drug-likeness (QED) is 0.239. The topological polar surface area (TPSA) is 110 Å². The van der Waals surface area contributed by atoms with Crippen molar-refractivity contribution in [3.05, 3.63) is 76.1 Å². The average molecular weight is 742 g/mol. The van der Waals surface area contributed by atoms with Gasteiger partial charge in [0.15, 0.2) is 11.5 Å². The number of amides is 1. The van der Waals surface area contributed by atoms with Gasteiger partial charge in [-0.3, -0.25) is 9.78 Å². The lowest BCUT2D eigenvalue weighted by Gasteiger charge is -2.47. The summed E-state index contributed by atoms with van der Waals surface area (Å²) in [4.78, 5) is 31.6. The Labute approximate surface area is 317 Å². The fourth-order valence-electron chi connectivity index (χ4n) is 10.1. The van der Waals surface area contributed by atoms with Gasteiger partial charge < -0.3 is 29.5 Å². The molecule has 1 saturated heterocycles. The first-order chi connectivity index (χ1) is 25.6. The van der Waals surface area contributed by atoms with Crippen molar-refractivity contribution in [1.82, 2.24) is 9.88 Å². The van der Waals surface area contributed by atoms with Crippen LogP contribution in [0, 0.1) is 17.3 Å². The smallest absolute Gasteiger partial charge is 0.329 e. The molecule has 8 rings (SSSR count). The maximum Gasteiger partial charge on any atom is 0.329 e. The third-order valence-corrected chi connectivity index (χ3v) is 13.5. The Bertz CT molecular complexity index is 1860. The van der Waals surface area contributed by atoms with E-state index in [1.54, 1.807) is 19.1 Å². The number of anilines is 1. The number of carboxylic acid groups (broad SMARTS) is 1. The van der Waals surface area contributed by atoms with Crippen LogP contribution in [0.25, 0.3) is 0 Å². The van der Waals surface area contributed by atoms with Crippen molar-refractivity contribution in [2.45, 2.75) is 102 Å². The van der Waals surface area contributed by atoms with Gasteiger partial charge in [-0.25, -0.2) is 4.79 Å². The molecule has 2 N–H and O–H groups in total. The number of aryl methyl sites for hydroxylation is 1. The highest BCUT2D eigenvalue weighted by atomic mass is 35.5. The summed E-state index contributed by atoms with van der Waals surface area (Å²) >= 11 is 6.31. The van der Waals surface area contributed by atoms with Gasteiger partial charge in [-0.05, 0) is 142 Å². The summed E-state index contributed by atoms with van der Waals surface area (Å²) in [7, 11) is 0. The van der Waals surface area contributed by atoms with Crippen molar-refractivity contribution >= 4 is 29.2 Å². The molecule has 1 aromatic heterocycles. The van der Waals surface area contributed by atoms with Gasteiger partial charge in [0.05, 0.1) is 19.8 Å². The lowest BCUT2D eigenvalue weighted by molar-refractivity contribution is -0.144. The van der Waals surface area contributed by atoms with Gasteiger partial charge in [0.25, 0.3) is 0 Å². The predicted molar refractivity (Wildman–Crippen MR) is 204 cm³/mol. The first-order valence-corrected chi connectivity index (χ1v) is 20.0. The number of fused-ring (bicyclic) bond motifs is 4. The number of carbonyl (C=O) groups excluding carboxylic acids is 1.